The van der Waals surface area contributed by atoms with E-state index >= 15 is 0 Å². The number of nitrogens with one attached hydrogen (secondary N) is 1. The predicted octanol–water partition coefficient (Wildman–Crippen LogP) is 3.94. The number of aryl methyl sites for hydroxylation is 1. The molecule has 3 atom stereocenters. The fourth-order valence-corrected chi connectivity index (χ4v) is 4.58. The van der Waals surface area contributed by atoms with E-state index in [0.717, 1.165) is 24.6 Å². The van der Waals surface area contributed by atoms with Gasteiger partial charge in [-0.1, -0.05) is 24.6 Å². The zero-order valence-corrected chi connectivity index (χ0v) is 13.3. The molecule has 0 bridgehead atoms. The van der Waals surface area contributed by atoms with Crippen LogP contribution in [0.15, 0.2) is 18.2 Å². The Kier molecular flexibility index (Phi) is 4.57. The summed E-state index contributed by atoms with van der Waals surface area (Å²) in [4.78, 5) is 0. The van der Waals surface area contributed by atoms with Crippen molar-refractivity contribution in [3.63, 3.8) is 0 Å². The van der Waals surface area contributed by atoms with Gasteiger partial charge in [0.05, 0.1) is 0 Å². The lowest BCUT2D eigenvalue weighted by Gasteiger charge is -2.35. The van der Waals surface area contributed by atoms with Crippen LogP contribution in [0.3, 0.4) is 0 Å². The number of hydrogen-bond acceptors (Lipinski definition) is 3. The summed E-state index contributed by atoms with van der Waals surface area (Å²) in [5.41, 5.74) is 2.69. The van der Waals surface area contributed by atoms with E-state index in [1.54, 1.807) is 0 Å². The molecule has 1 fully saturated rings. The fraction of sp³-hybridized carbons (Fsp3) is 0.647. The molecular formula is C17H25NOS. The largest absolute Gasteiger partial charge is 0.490 e. The highest BCUT2D eigenvalue weighted by molar-refractivity contribution is 7.99. The van der Waals surface area contributed by atoms with Crippen LogP contribution in [0.5, 0.6) is 5.75 Å². The van der Waals surface area contributed by atoms with Crippen molar-refractivity contribution < 1.29 is 4.74 Å². The molecule has 1 aromatic rings. The molecule has 0 saturated carbocycles. The second kappa shape index (κ2) is 6.40. The third-order valence-electron chi connectivity index (χ3n) is 4.42. The molecule has 2 nitrogen and oxygen atoms in total. The Morgan fingerprint density at radius 2 is 2.30 bits per heavy atom. The first-order valence-electron chi connectivity index (χ1n) is 7.86. The van der Waals surface area contributed by atoms with Crippen molar-refractivity contribution in [2.24, 2.45) is 5.92 Å². The lowest BCUT2D eigenvalue weighted by atomic mass is 9.88. The van der Waals surface area contributed by atoms with E-state index < -0.39 is 0 Å². The maximum Gasteiger partial charge on any atom is 0.124 e. The first-order valence-corrected chi connectivity index (χ1v) is 9.01. The van der Waals surface area contributed by atoms with Gasteiger partial charge in [-0.15, -0.1) is 0 Å². The highest BCUT2D eigenvalue weighted by Gasteiger charge is 2.34. The molecule has 0 amide bonds. The summed E-state index contributed by atoms with van der Waals surface area (Å²) in [7, 11) is 0. The number of hydrogen-bond donors (Lipinski definition) is 1. The van der Waals surface area contributed by atoms with Gasteiger partial charge in [-0.3, -0.25) is 0 Å². The molecule has 20 heavy (non-hydrogen) atoms. The minimum atomic E-state index is 0.398. The van der Waals surface area contributed by atoms with Gasteiger partial charge in [0.1, 0.15) is 11.9 Å². The van der Waals surface area contributed by atoms with E-state index in [4.69, 9.17) is 4.74 Å². The summed E-state index contributed by atoms with van der Waals surface area (Å²) in [6, 6.07) is 7.10. The molecule has 2 aliphatic rings. The Morgan fingerprint density at radius 3 is 3.05 bits per heavy atom. The highest BCUT2D eigenvalue weighted by Crippen LogP contribution is 2.40. The van der Waals surface area contributed by atoms with Crippen molar-refractivity contribution in [2.75, 3.05) is 18.1 Å². The average molecular weight is 291 g/mol. The molecule has 1 saturated heterocycles. The highest BCUT2D eigenvalue weighted by atomic mass is 32.2. The summed E-state index contributed by atoms with van der Waals surface area (Å²) >= 11 is 2.08. The van der Waals surface area contributed by atoms with Gasteiger partial charge in [-0.2, -0.15) is 11.8 Å². The van der Waals surface area contributed by atoms with Crippen LogP contribution in [0.25, 0.3) is 0 Å². The van der Waals surface area contributed by atoms with Gasteiger partial charge in [0.15, 0.2) is 0 Å². The van der Waals surface area contributed by atoms with Gasteiger partial charge in [-0.25, -0.2) is 0 Å². The van der Waals surface area contributed by atoms with E-state index in [9.17, 15) is 0 Å². The zero-order valence-electron chi connectivity index (χ0n) is 12.5. The zero-order chi connectivity index (χ0) is 13.9. The molecule has 0 spiro atoms. The molecular weight excluding hydrogens is 266 g/mol. The van der Waals surface area contributed by atoms with Gasteiger partial charge in [0.2, 0.25) is 0 Å². The van der Waals surface area contributed by atoms with E-state index in [1.165, 1.54) is 35.5 Å². The predicted molar refractivity (Wildman–Crippen MR) is 86.7 cm³/mol. The van der Waals surface area contributed by atoms with Crippen molar-refractivity contribution in [1.82, 2.24) is 5.32 Å². The smallest absolute Gasteiger partial charge is 0.124 e. The lowest BCUT2D eigenvalue weighted by molar-refractivity contribution is 0.103. The quantitative estimate of drug-likeness (QED) is 0.908. The van der Waals surface area contributed by atoms with Crippen LogP contribution in [-0.4, -0.2) is 24.2 Å². The topological polar surface area (TPSA) is 21.3 Å². The first-order chi connectivity index (χ1) is 9.78. The van der Waals surface area contributed by atoms with Crippen LogP contribution in [0.2, 0.25) is 0 Å². The Morgan fingerprint density at radius 1 is 1.40 bits per heavy atom. The second-order valence-corrected chi connectivity index (χ2v) is 7.21. The fourth-order valence-electron chi connectivity index (χ4n) is 3.26. The van der Waals surface area contributed by atoms with Crippen molar-refractivity contribution in [3.05, 3.63) is 29.3 Å². The van der Waals surface area contributed by atoms with Gasteiger partial charge >= 0.3 is 0 Å². The molecule has 0 aliphatic carbocycles. The van der Waals surface area contributed by atoms with E-state index in [-0.39, 0.29) is 0 Å². The van der Waals surface area contributed by atoms with Crippen LogP contribution >= 0.6 is 11.8 Å². The Bertz CT molecular complexity index is 456. The normalized spacial score (nSPS) is 29.0. The molecule has 3 unspecified atom stereocenters. The standard InChI is InChI=1S/C17H25NOS/c1-3-7-18-15-10-17(13-6-8-20-11-13)19-16-5-4-12(2)9-14(15)16/h4-5,9,13,15,17-18H,3,6-8,10-11H2,1-2H3. The number of benzene rings is 1. The third-order valence-corrected chi connectivity index (χ3v) is 5.61. The van der Waals surface area contributed by atoms with Gasteiger partial charge in [0, 0.05) is 23.9 Å². The van der Waals surface area contributed by atoms with Gasteiger partial charge < -0.3 is 10.1 Å². The number of ether oxygens (including phenoxy) is 1. The molecule has 0 aromatic heterocycles. The second-order valence-electron chi connectivity index (χ2n) is 6.06. The van der Waals surface area contributed by atoms with Crippen molar-refractivity contribution in [1.29, 1.82) is 0 Å². The van der Waals surface area contributed by atoms with Gasteiger partial charge in [0.25, 0.3) is 0 Å². The van der Waals surface area contributed by atoms with Crippen LogP contribution in [-0.2, 0) is 0 Å². The van der Waals surface area contributed by atoms with E-state index in [1.807, 2.05) is 0 Å². The van der Waals surface area contributed by atoms with Crippen LogP contribution < -0.4 is 10.1 Å². The van der Waals surface area contributed by atoms with Crippen molar-refractivity contribution >= 4 is 11.8 Å². The molecule has 110 valence electrons. The van der Waals surface area contributed by atoms with Crippen LogP contribution in [0.4, 0.5) is 0 Å². The van der Waals surface area contributed by atoms with Crippen molar-refractivity contribution in [3.8, 4) is 5.75 Å². The Balaban J connectivity index is 1.82. The summed E-state index contributed by atoms with van der Waals surface area (Å²) in [5, 5.41) is 3.72. The SMILES string of the molecule is CCCNC1CC(C2CCSC2)Oc2ccc(C)cc21. The summed E-state index contributed by atoms with van der Waals surface area (Å²) in [6.07, 6.45) is 4.02. The molecule has 0 radical (unpaired) electrons. The monoisotopic (exact) mass is 291 g/mol. The Hall–Kier alpha value is -0.670. The number of rotatable bonds is 4. The Labute approximate surface area is 126 Å². The molecule has 1 aromatic carbocycles. The lowest BCUT2D eigenvalue weighted by Crippen LogP contribution is -2.37. The molecule has 3 heteroatoms. The van der Waals surface area contributed by atoms with Crippen molar-refractivity contribution in [2.45, 2.75) is 45.3 Å². The summed E-state index contributed by atoms with van der Waals surface area (Å²) in [5.74, 6) is 4.42. The third kappa shape index (κ3) is 2.99. The van der Waals surface area contributed by atoms with Crippen LogP contribution in [0, 0.1) is 12.8 Å². The van der Waals surface area contributed by atoms with E-state index in [0.29, 0.717) is 12.1 Å². The minimum Gasteiger partial charge on any atom is -0.490 e. The van der Waals surface area contributed by atoms with Crippen LogP contribution in [0.1, 0.15) is 43.4 Å². The average Bonchev–Trinajstić information content (AvgIpc) is 2.99. The van der Waals surface area contributed by atoms with Gasteiger partial charge in [-0.05, 0) is 43.9 Å². The maximum atomic E-state index is 6.33. The molecule has 2 aliphatic heterocycles. The van der Waals surface area contributed by atoms with E-state index in [2.05, 4.69) is 49.1 Å². The maximum absolute atomic E-state index is 6.33. The molecule has 1 N–H and O–H groups in total. The number of fused-ring (bicyclic) bond motifs is 1. The summed E-state index contributed by atoms with van der Waals surface area (Å²) < 4.78 is 6.33. The first kappa shape index (κ1) is 14.3. The molecule has 2 heterocycles. The molecule has 3 rings (SSSR count). The minimum absolute atomic E-state index is 0.398. The number of thioether (sulfide) groups is 1. The summed E-state index contributed by atoms with van der Waals surface area (Å²) in [6.45, 7) is 5.48.